The van der Waals surface area contributed by atoms with Gasteiger partial charge in [-0.1, -0.05) is 24.1 Å². The molecule has 1 aliphatic heterocycles. The highest BCUT2D eigenvalue weighted by atomic mass is 35.5. The lowest BCUT2D eigenvalue weighted by molar-refractivity contribution is 0.240. The van der Waals surface area contributed by atoms with E-state index in [-0.39, 0.29) is 12.1 Å². The van der Waals surface area contributed by atoms with Gasteiger partial charge in [0.05, 0.1) is 16.8 Å². The van der Waals surface area contributed by atoms with Gasteiger partial charge < -0.3 is 16.2 Å². The number of nitrogens with two attached hydrogens (primary N) is 2. The molecule has 24 heavy (non-hydrogen) atoms. The van der Waals surface area contributed by atoms with Crippen LogP contribution in [0.15, 0.2) is 28.2 Å². The van der Waals surface area contributed by atoms with Gasteiger partial charge in [0.1, 0.15) is 5.66 Å². The van der Waals surface area contributed by atoms with Gasteiger partial charge in [-0.15, -0.1) is 0 Å². The lowest BCUT2D eigenvalue weighted by atomic mass is 9.87. The summed E-state index contributed by atoms with van der Waals surface area (Å²) >= 11 is 6.40. The van der Waals surface area contributed by atoms with Gasteiger partial charge in [0.25, 0.3) is 0 Å². The molecule has 4 N–H and O–H groups in total. The predicted molar refractivity (Wildman–Crippen MR) is 98.8 cm³/mol. The number of ether oxygens (including phenoxy) is 1. The van der Waals surface area contributed by atoms with E-state index in [1.54, 1.807) is 0 Å². The Morgan fingerprint density at radius 2 is 1.92 bits per heavy atom. The summed E-state index contributed by atoms with van der Waals surface area (Å²) in [6.45, 7) is 3.93. The van der Waals surface area contributed by atoms with Gasteiger partial charge in [-0.05, 0) is 51.7 Å². The summed E-state index contributed by atoms with van der Waals surface area (Å²) in [7, 11) is 0. The third-order valence-corrected chi connectivity index (χ3v) is 4.69. The normalized spacial score (nSPS) is 20.1. The zero-order valence-corrected chi connectivity index (χ0v) is 14.9. The van der Waals surface area contributed by atoms with E-state index in [1.807, 2.05) is 36.9 Å². The maximum atomic E-state index is 6.40. The number of nitrogens with zero attached hydrogens (tertiary/aromatic N) is 3. The maximum absolute atomic E-state index is 6.40. The van der Waals surface area contributed by atoms with Gasteiger partial charge in [-0.2, -0.15) is 4.99 Å². The largest absolute Gasteiger partial charge is 0.487 e. The number of hydrogen-bond acceptors (Lipinski definition) is 6. The fourth-order valence-corrected chi connectivity index (χ4v) is 3.71. The SMILES string of the molecule is CC(C)Oc1c(Cl)cccc1N1C(N)=NC(N)=NC12CCCCC2. The molecule has 0 radical (unpaired) electrons. The highest BCUT2D eigenvalue weighted by Gasteiger charge is 2.43. The Balaban J connectivity index is 2.12. The van der Waals surface area contributed by atoms with Gasteiger partial charge >= 0.3 is 0 Å². The Bertz CT molecular complexity index is 680. The van der Waals surface area contributed by atoms with E-state index < -0.39 is 5.66 Å². The third-order valence-electron chi connectivity index (χ3n) is 4.39. The summed E-state index contributed by atoms with van der Waals surface area (Å²) in [6.07, 6.45) is 5.06. The Labute approximate surface area is 147 Å². The molecule has 1 aromatic rings. The van der Waals surface area contributed by atoms with E-state index >= 15 is 0 Å². The third kappa shape index (κ3) is 3.02. The predicted octanol–water partition coefficient (Wildman–Crippen LogP) is 3.24. The number of benzene rings is 1. The van der Waals surface area contributed by atoms with Crippen molar-refractivity contribution in [2.75, 3.05) is 4.90 Å². The van der Waals surface area contributed by atoms with Crippen LogP contribution in [-0.4, -0.2) is 23.7 Å². The van der Waals surface area contributed by atoms with Gasteiger partial charge in [0, 0.05) is 0 Å². The topological polar surface area (TPSA) is 89.2 Å². The Kier molecular flexibility index (Phi) is 4.58. The van der Waals surface area contributed by atoms with Crippen molar-refractivity contribution >= 4 is 29.2 Å². The van der Waals surface area contributed by atoms with Crippen molar-refractivity contribution in [1.29, 1.82) is 0 Å². The van der Waals surface area contributed by atoms with Crippen LogP contribution in [0.1, 0.15) is 46.0 Å². The Morgan fingerprint density at radius 1 is 1.21 bits per heavy atom. The zero-order chi connectivity index (χ0) is 17.3. The van der Waals surface area contributed by atoms with Crippen molar-refractivity contribution in [2.24, 2.45) is 21.5 Å². The van der Waals surface area contributed by atoms with E-state index in [2.05, 4.69) is 9.98 Å². The van der Waals surface area contributed by atoms with Crippen LogP contribution in [0.25, 0.3) is 0 Å². The van der Waals surface area contributed by atoms with Crippen LogP contribution in [0, 0.1) is 0 Å². The molecule has 2 aliphatic rings. The monoisotopic (exact) mass is 349 g/mol. The minimum Gasteiger partial charge on any atom is -0.487 e. The second-order valence-electron chi connectivity index (χ2n) is 6.57. The molecule has 0 unspecified atom stereocenters. The molecule has 0 bridgehead atoms. The van der Waals surface area contributed by atoms with Crippen molar-refractivity contribution < 1.29 is 4.74 Å². The van der Waals surface area contributed by atoms with Crippen LogP contribution in [-0.2, 0) is 0 Å². The smallest absolute Gasteiger partial charge is 0.220 e. The highest BCUT2D eigenvalue weighted by Crippen LogP contribution is 2.44. The van der Waals surface area contributed by atoms with E-state index in [0.717, 1.165) is 31.4 Å². The number of hydrogen-bond donors (Lipinski definition) is 2. The number of guanidine groups is 2. The maximum Gasteiger partial charge on any atom is 0.220 e. The molecule has 1 saturated carbocycles. The molecule has 0 aromatic heterocycles. The molecule has 1 spiro atoms. The molecule has 1 aliphatic carbocycles. The summed E-state index contributed by atoms with van der Waals surface area (Å²) in [5.41, 5.74) is 12.5. The first-order valence-corrected chi connectivity index (χ1v) is 8.76. The molecule has 1 fully saturated rings. The van der Waals surface area contributed by atoms with Crippen molar-refractivity contribution in [3.8, 4) is 5.75 Å². The van der Waals surface area contributed by atoms with Crippen LogP contribution in [0.3, 0.4) is 0 Å². The molecule has 1 aromatic carbocycles. The van der Waals surface area contributed by atoms with Crippen LogP contribution in [0.2, 0.25) is 5.02 Å². The number of halogens is 1. The summed E-state index contributed by atoms with van der Waals surface area (Å²) in [6, 6.07) is 5.64. The first-order valence-electron chi connectivity index (χ1n) is 8.38. The number of aliphatic imine (C=N–C) groups is 2. The molecular formula is C17H24ClN5O. The molecule has 3 rings (SSSR count). The standard InChI is InChI=1S/C17H24ClN5O/c1-11(2)24-14-12(18)7-6-8-13(14)23-16(20)21-15(19)22-17(23)9-4-3-5-10-17/h6-8,11H,3-5,9-10H2,1-2H3,(H4,19,20,21,22). The highest BCUT2D eigenvalue weighted by molar-refractivity contribution is 6.32. The summed E-state index contributed by atoms with van der Waals surface area (Å²) in [4.78, 5) is 10.8. The number of rotatable bonds is 3. The average molecular weight is 350 g/mol. The van der Waals surface area contributed by atoms with E-state index in [0.29, 0.717) is 16.7 Å². The molecule has 6 nitrogen and oxygen atoms in total. The molecule has 130 valence electrons. The van der Waals surface area contributed by atoms with E-state index in [9.17, 15) is 0 Å². The molecule has 0 amide bonds. The van der Waals surface area contributed by atoms with Gasteiger partial charge in [-0.25, -0.2) is 4.99 Å². The number of anilines is 1. The van der Waals surface area contributed by atoms with E-state index in [1.165, 1.54) is 6.42 Å². The van der Waals surface area contributed by atoms with Gasteiger partial charge in [0.15, 0.2) is 5.75 Å². The molecule has 0 saturated heterocycles. The van der Waals surface area contributed by atoms with Crippen LogP contribution < -0.4 is 21.1 Å². The van der Waals surface area contributed by atoms with Crippen molar-refractivity contribution in [3.05, 3.63) is 23.2 Å². The second kappa shape index (κ2) is 6.51. The quantitative estimate of drug-likeness (QED) is 0.876. The first kappa shape index (κ1) is 16.9. The molecule has 7 heteroatoms. The Hall–Kier alpha value is -1.95. The molecule has 1 heterocycles. The first-order chi connectivity index (χ1) is 11.4. The Morgan fingerprint density at radius 3 is 2.58 bits per heavy atom. The summed E-state index contributed by atoms with van der Waals surface area (Å²) in [5.74, 6) is 1.17. The van der Waals surface area contributed by atoms with Gasteiger partial charge in [-0.3, -0.25) is 4.90 Å². The minimum absolute atomic E-state index is 0.0116. The van der Waals surface area contributed by atoms with Crippen LogP contribution in [0.4, 0.5) is 5.69 Å². The zero-order valence-electron chi connectivity index (χ0n) is 14.1. The average Bonchev–Trinajstić information content (AvgIpc) is 2.50. The minimum atomic E-state index is -0.506. The molecule has 0 atom stereocenters. The lowest BCUT2D eigenvalue weighted by Crippen LogP contribution is -2.58. The fourth-order valence-electron chi connectivity index (χ4n) is 3.50. The summed E-state index contributed by atoms with van der Waals surface area (Å²) < 4.78 is 5.97. The molecular weight excluding hydrogens is 326 g/mol. The van der Waals surface area contributed by atoms with Crippen molar-refractivity contribution in [1.82, 2.24) is 0 Å². The van der Waals surface area contributed by atoms with Crippen LogP contribution in [0.5, 0.6) is 5.75 Å². The van der Waals surface area contributed by atoms with Crippen LogP contribution >= 0.6 is 11.6 Å². The van der Waals surface area contributed by atoms with E-state index in [4.69, 9.17) is 27.8 Å². The van der Waals surface area contributed by atoms with Crippen molar-refractivity contribution in [3.63, 3.8) is 0 Å². The van der Waals surface area contributed by atoms with Crippen molar-refractivity contribution in [2.45, 2.75) is 57.7 Å². The lowest BCUT2D eigenvalue weighted by Gasteiger charge is -2.46. The van der Waals surface area contributed by atoms with Gasteiger partial charge in [0.2, 0.25) is 11.9 Å². The second-order valence-corrected chi connectivity index (χ2v) is 6.98. The number of para-hydroxylation sites is 1. The fraction of sp³-hybridized carbons (Fsp3) is 0.529. The summed E-state index contributed by atoms with van der Waals surface area (Å²) in [5, 5.41) is 0.544.